The van der Waals surface area contributed by atoms with Gasteiger partial charge in [0.05, 0.1) is 5.02 Å². The standard InChI is InChI=1S/C7H6ClN5/c8-5-1-4(2-10-3-5)6-11-7(9)13-12-6/h1-3H,(H3,9,11,12,13). The van der Waals surface area contributed by atoms with Crippen molar-refractivity contribution >= 4 is 17.5 Å². The summed E-state index contributed by atoms with van der Waals surface area (Å²) in [6.45, 7) is 0. The van der Waals surface area contributed by atoms with Gasteiger partial charge in [0.15, 0.2) is 5.82 Å². The molecule has 6 heteroatoms. The Morgan fingerprint density at radius 1 is 1.38 bits per heavy atom. The number of nitrogens with one attached hydrogen (secondary N) is 1. The van der Waals surface area contributed by atoms with E-state index in [1.165, 1.54) is 0 Å². The number of pyridine rings is 1. The molecule has 2 rings (SSSR count). The van der Waals surface area contributed by atoms with E-state index >= 15 is 0 Å². The maximum atomic E-state index is 5.75. The summed E-state index contributed by atoms with van der Waals surface area (Å²) in [4.78, 5) is 7.84. The summed E-state index contributed by atoms with van der Waals surface area (Å²) in [5.41, 5.74) is 6.11. The molecule has 0 saturated carbocycles. The largest absolute Gasteiger partial charge is 0.366 e. The molecule has 2 aromatic rings. The molecule has 0 bridgehead atoms. The lowest BCUT2D eigenvalue weighted by Crippen LogP contribution is -1.85. The molecule has 5 nitrogen and oxygen atoms in total. The zero-order valence-electron chi connectivity index (χ0n) is 6.53. The Morgan fingerprint density at radius 2 is 2.23 bits per heavy atom. The van der Waals surface area contributed by atoms with E-state index < -0.39 is 0 Å². The molecule has 0 radical (unpaired) electrons. The van der Waals surface area contributed by atoms with Gasteiger partial charge in [-0.05, 0) is 6.07 Å². The van der Waals surface area contributed by atoms with Crippen molar-refractivity contribution in [1.29, 1.82) is 0 Å². The van der Waals surface area contributed by atoms with Crippen LogP contribution in [-0.4, -0.2) is 20.2 Å². The molecule has 2 heterocycles. The number of aromatic amines is 1. The zero-order chi connectivity index (χ0) is 9.26. The minimum Gasteiger partial charge on any atom is -0.366 e. The molecular weight excluding hydrogens is 190 g/mol. The van der Waals surface area contributed by atoms with Gasteiger partial charge in [0.25, 0.3) is 0 Å². The number of hydrogen-bond acceptors (Lipinski definition) is 4. The van der Waals surface area contributed by atoms with Crippen molar-refractivity contribution in [1.82, 2.24) is 20.2 Å². The third kappa shape index (κ3) is 1.59. The topological polar surface area (TPSA) is 80.5 Å². The molecule has 3 N–H and O–H groups in total. The first-order chi connectivity index (χ1) is 6.25. The second kappa shape index (κ2) is 3.02. The molecule has 66 valence electrons. The lowest BCUT2D eigenvalue weighted by atomic mass is 10.3. The number of nitrogens with two attached hydrogens (primary N) is 1. The van der Waals surface area contributed by atoms with Gasteiger partial charge in [-0.1, -0.05) is 11.6 Å². The summed E-state index contributed by atoms with van der Waals surface area (Å²) in [7, 11) is 0. The van der Waals surface area contributed by atoms with Crippen molar-refractivity contribution in [3.63, 3.8) is 0 Å². The lowest BCUT2D eigenvalue weighted by molar-refractivity contribution is 1.10. The van der Waals surface area contributed by atoms with E-state index in [2.05, 4.69) is 20.2 Å². The summed E-state index contributed by atoms with van der Waals surface area (Å²) in [6.07, 6.45) is 3.18. The Morgan fingerprint density at radius 3 is 2.85 bits per heavy atom. The Labute approximate surface area is 79.0 Å². The fourth-order valence-corrected chi connectivity index (χ4v) is 1.12. The molecule has 0 spiro atoms. The van der Waals surface area contributed by atoms with Crippen molar-refractivity contribution in [2.24, 2.45) is 0 Å². The molecule has 0 saturated heterocycles. The Kier molecular flexibility index (Phi) is 1.86. The van der Waals surface area contributed by atoms with Gasteiger partial charge in [-0.25, -0.2) is 0 Å². The number of hydrogen-bond donors (Lipinski definition) is 2. The van der Waals surface area contributed by atoms with Crippen LogP contribution >= 0.6 is 11.6 Å². The van der Waals surface area contributed by atoms with Crippen LogP contribution in [0.5, 0.6) is 0 Å². The fourth-order valence-electron chi connectivity index (χ4n) is 0.945. The molecule has 0 aliphatic carbocycles. The molecule has 0 aromatic carbocycles. The van der Waals surface area contributed by atoms with Crippen molar-refractivity contribution in [3.05, 3.63) is 23.5 Å². The minimum absolute atomic E-state index is 0.204. The van der Waals surface area contributed by atoms with Crippen molar-refractivity contribution in [3.8, 4) is 11.4 Å². The van der Waals surface area contributed by atoms with Gasteiger partial charge in [0, 0.05) is 18.0 Å². The van der Waals surface area contributed by atoms with Crippen LogP contribution in [0.3, 0.4) is 0 Å². The van der Waals surface area contributed by atoms with E-state index in [1.807, 2.05) is 0 Å². The van der Waals surface area contributed by atoms with Crippen LogP contribution in [0.2, 0.25) is 5.02 Å². The molecule has 0 aliphatic heterocycles. The SMILES string of the molecule is Nc1n[nH]c(-c2cncc(Cl)c2)n1. The number of nitrogen functional groups attached to an aromatic ring is 1. The van der Waals surface area contributed by atoms with E-state index in [9.17, 15) is 0 Å². The monoisotopic (exact) mass is 195 g/mol. The summed E-state index contributed by atoms with van der Waals surface area (Å²) in [5.74, 6) is 0.766. The van der Waals surface area contributed by atoms with E-state index in [1.54, 1.807) is 18.5 Å². The van der Waals surface area contributed by atoms with Gasteiger partial charge >= 0.3 is 0 Å². The molecule has 0 amide bonds. The second-order valence-corrected chi connectivity index (χ2v) is 2.87. The van der Waals surface area contributed by atoms with E-state index in [4.69, 9.17) is 17.3 Å². The first kappa shape index (κ1) is 8.00. The van der Waals surface area contributed by atoms with Crippen LogP contribution in [-0.2, 0) is 0 Å². The molecule has 0 atom stereocenters. The van der Waals surface area contributed by atoms with Gasteiger partial charge in [-0.15, -0.1) is 5.10 Å². The highest BCUT2D eigenvalue weighted by Gasteiger charge is 2.03. The maximum absolute atomic E-state index is 5.75. The molecule has 2 aromatic heterocycles. The Hall–Kier alpha value is -1.62. The van der Waals surface area contributed by atoms with E-state index in [0.717, 1.165) is 5.56 Å². The molecule has 0 unspecified atom stereocenters. The van der Waals surface area contributed by atoms with Gasteiger partial charge in [0.2, 0.25) is 5.95 Å². The van der Waals surface area contributed by atoms with Crippen LogP contribution in [0.15, 0.2) is 18.5 Å². The number of rotatable bonds is 1. The van der Waals surface area contributed by atoms with Gasteiger partial charge < -0.3 is 5.73 Å². The molecule has 13 heavy (non-hydrogen) atoms. The minimum atomic E-state index is 0.204. The Bertz CT molecular complexity index is 424. The predicted octanol–water partition coefficient (Wildman–Crippen LogP) is 1.10. The fraction of sp³-hybridized carbons (Fsp3) is 0. The van der Waals surface area contributed by atoms with Gasteiger partial charge in [0.1, 0.15) is 0 Å². The summed E-state index contributed by atoms with van der Waals surface area (Å²) in [6, 6.07) is 1.73. The van der Waals surface area contributed by atoms with Crippen LogP contribution in [0.4, 0.5) is 5.95 Å². The van der Waals surface area contributed by atoms with Crippen LogP contribution in [0.1, 0.15) is 0 Å². The first-order valence-electron chi connectivity index (χ1n) is 3.54. The molecule has 0 aliphatic rings. The third-order valence-corrected chi connectivity index (χ3v) is 1.69. The Balaban J connectivity index is 2.46. The van der Waals surface area contributed by atoms with Crippen molar-refractivity contribution in [2.45, 2.75) is 0 Å². The lowest BCUT2D eigenvalue weighted by Gasteiger charge is -1.94. The van der Waals surface area contributed by atoms with E-state index in [-0.39, 0.29) is 5.95 Å². The summed E-state index contributed by atoms with van der Waals surface area (Å²) in [5, 5.41) is 6.91. The number of nitrogens with zero attached hydrogens (tertiary/aromatic N) is 3. The van der Waals surface area contributed by atoms with Crippen molar-refractivity contribution in [2.75, 3.05) is 5.73 Å². The van der Waals surface area contributed by atoms with Crippen LogP contribution in [0, 0.1) is 0 Å². The molecule has 0 fully saturated rings. The maximum Gasteiger partial charge on any atom is 0.239 e. The summed E-state index contributed by atoms with van der Waals surface area (Å²) < 4.78 is 0. The smallest absolute Gasteiger partial charge is 0.239 e. The quantitative estimate of drug-likeness (QED) is 0.714. The van der Waals surface area contributed by atoms with Crippen LogP contribution < -0.4 is 5.73 Å². The zero-order valence-corrected chi connectivity index (χ0v) is 7.28. The predicted molar refractivity (Wildman–Crippen MR) is 49.0 cm³/mol. The van der Waals surface area contributed by atoms with Crippen molar-refractivity contribution < 1.29 is 0 Å². The second-order valence-electron chi connectivity index (χ2n) is 2.43. The highest BCUT2D eigenvalue weighted by Crippen LogP contribution is 2.17. The molecular formula is C7H6ClN5. The van der Waals surface area contributed by atoms with E-state index in [0.29, 0.717) is 10.8 Å². The average molecular weight is 196 g/mol. The van der Waals surface area contributed by atoms with Crippen LogP contribution in [0.25, 0.3) is 11.4 Å². The number of H-pyrrole nitrogens is 1. The van der Waals surface area contributed by atoms with Gasteiger partial charge in [-0.3, -0.25) is 10.1 Å². The average Bonchev–Trinajstić information content (AvgIpc) is 2.52. The highest BCUT2D eigenvalue weighted by molar-refractivity contribution is 6.30. The first-order valence-corrected chi connectivity index (χ1v) is 3.92. The number of halogens is 1. The van der Waals surface area contributed by atoms with Gasteiger partial charge in [-0.2, -0.15) is 4.98 Å². The highest BCUT2D eigenvalue weighted by atomic mass is 35.5. The normalized spacial score (nSPS) is 10.2. The number of aromatic nitrogens is 4. The number of anilines is 1. The summed E-state index contributed by atoms with van der Waals surface area (Å²) >= 11 is 5.75. The third-order valence-electron chi connectivity index (χ3n) is 1.48.